The molecule has 0 heterocycles. The van der Waals surface area contributed by atoms with Gasteiger partial charge in [-0.2, -0.15) is 0 Å². The zero-order chi connectivity index (χ0) is 14.3. The average Bonchev–Trinajstić information content (AvgIpc) is 2.39. The van der Waals surface area contributed by atoms with Crippen molar-refractivity contribution < 1.29 is 4.79 Å². The second-order valence-corrected chi connectivity index (χ2v) is 5.92. The van der Waals surface area contributed by atoms with Crippen LogP contribution in [0.5, 0.6) is 0 Å². The quantitative estimate of drug-likeness (QED) is 0.836. The lowest BCUT2D eigenvalue weighted by atomic mass is 10.0. The van der Waals surface area contributed by atoms with E-state index in [4.69, 9.17) is 5.73 Å². The fraction of sp³-hybridized carbons (Fsp3) is 0.533. The van der Waals surface area contributed by atoms with E-state index in [0.717, 1.165) is 22.9 Å². The van der Waals surface area contributed by atoms with Crippen LogP contribution in [0, 0.1) is 5.92 Å². The Morgan fingerprint density at radius 3 is 2.68 bits per heavy atom. The fourth-order valence-electron chi connectivity index (χ4n) is 1.96. The summed E-state index contributed by atoms with van der Waals surface area (Å²) < 4.78 is 1.05. The zero-order valence-corrected chi connectivity index (χ0v) is 13.3. The number of halogens is 1. The van der Waals surface area contributed by atoms with Gasteiger partial charge in [0, 0.05) is 24.5 Å². The molecule has 1 aromatic carbocycles. The molecular formula is C15H23BrN2O. The molecule has 0 spiro atoms. The number of rotatable bonds is 7. The number of hydrogen-bond donors (Lipinski definition) is 1. The normalized spacial score (nSPS) is 12.2. The van der Waals surface area contributed by atoms with E-state index in [1.54, 1.807) is 4.90 Å². The maximum absolute atomic E-state index is 12.0. The molecule has 1 aromatic rings. The average molecular weight is 327 g/mol. The van der Waals surface area contributed by atoms with Crippen LogP contribution >= 0.6 is 15.9 Å². The summed E-state index contributed by atoms with van der Waals surface area (Å²) in [5.41, 5.74) is 6.65. The van der Waals surface area contributed by atoms with Crippen LogP contribution in [0.2, 0.25) is 0 Å². The van der Waals surface area contributed by atoms with Crippen molar-refractivity contribution in [1.82, 2.24) is 4.90 Å². The van der Waals surface area contributed by atoms with Crippen LogP contribution in [-0.2, 0) is 11.3 Å². The molecule has 106 valence electrons. The van der Waals surface area contributed by atoms with Crippen molar-refractivity contribution in [2.45, 2.75) is 32.7 Å². The molecule has 1 rings (SSSR count). The van der Waals surface area contributed by atoms with Gasteiger partial charge in [0.1, 0.15) is 0 Å². The molecule has 0 aliphatic heterocycles. The van der Waals surface area contributed by atoms with Crippen molar-refractivity contribution in [2.75, 3.05) is 13.6 Å². The molecule has 0 saturated heterocycles. The Balaban J connectivity index is 2.43. The summed E-state index contributed by atoms with van der Waals surface area (Å²) >= 11 is 3.50. The molecule has 0 aliphatic rings. The molecule has 1 atom stereocenters. The van der Waals surface area contributed by atoms with Crippen LogP contribution in [0.15, 0.2) is 28.7 Å². The molecule has 0 aromatic heterocycles. The fourth-order valence-corrected chi connectivity index (χ4v) is 2.37. The molecule has 2 N–H and O–H groups in total. The highest BCUT2D eigenvalue weighted by Crippen LogP contribution is 2.18. The van der Waals surface area contributed by atoms with E-state index in [-0.39, 0.29) is 5.91 Å². The lowest BCUT2D eigenvalue weighted by Crippen LogP contribution is -2.26. The monoisotopic (exact) mass is 326 g/mol. The first kappa shape index (κ1) is 16.2. The third kappa shape index (κ3) is 5.74. The van der Waals surface area contributed by atoms with Gasteiger partial charge in [-0.1, -0.05) is 41.1 Å². The number of nitrogens with two attached hydrogens (primary N) is 1. The Hall–Kier alpha value is -0.870. The SMILES string of the molecule is CC(CCN)CCC(=O)N(C)Cc1ccccc1Br. The molecule has 0 bridgehead atoms. The molecule has 19 heavy (non-hydrogen) atoms. The predicted octanol–water partition coefficient (Wildman–Crippen LogP) is 3.17. The Kier molecular flexibility index (Phi) is 7.10. The van der Waals surface area contributed by atoms with Gasteiger partial charge in [-0.3, -0.25) is 4.79 Å². The van der Waals surface area contributed by atoms with Gasteiger partial charge in [-0.05, 0) is 36.9 Å². The lowest BCUT2D eigenvalue weighted by molar-refractivity contribution is -0.130. The van der Waals surface area contributed by atoms with E-state index < -0.39 is 0 Å². The predicted molar refractivity (Wildman–Crippen MR) is 82.7 cm³/mol. The lowest BCUT2D eigenvalue weighted by Gasteiger charge is -2.19. The minimum absolute atomic E-state index is 0.194. The van der Waals surface area contributed by atoms with Gasteiger partial charge in [0.05, 0.1) is 0 Å². The summed E-state index contributed by atoms with van der Waals surface area (Å²) in [7, 11) is 1.86. The first-order valence-electron chi connectivity index (χ1n) is 6.72. The maximum Gasteiger partial charge on any atom is 0.222 e. The van der Waals surface area contributed by atoms with Gasteiger partial charge in [-0.25, -0.2) is 0 Å². The summed E-state index contributed by atoms with van der Waals surface area (Å²) in [6, 6.07) is 7.99. The summed E-state index contributed by atoms with van der Waals surface area (Å²) in [5.74, 6) is 0.713. The number of nitrogens with zero attached hydrogens (tertiary/aromatic N) is 1. The molecule has 0 aliphatic carbocycles. The van der Waals surface area contributed by atoms with E-state index in [1.807, 2.05) is 31.3 Å². The Morgan fingerprint density at radius 2 is 2.05 bits per heavy atom. The third-order valence-electron chi connectivity index (χ3n) is 3.30. The molecule has 4 heteroatoms. The number of amides is 1. The van der Waals surface area contributed by atoms with E-state index >= 15 is 0 Å². The van der Waals surface area contributed by atoms with Crippen LogP contribution in [0.4, 0.5) is 0 Å². The molecule has 1 unspecified atom stereocenters. The second-order valence-electron chi connectivity index (χ2n) is 5.06. The molecule has 3 nitrogen and oxygen atoms in total. The van der Waals surface area contributed by atoms with Gasteiger partial charge >= 0.3 is 0 Å². The van der Waals surface area contributed by atoms with Gasteiger partial charge in [0.15, 0.2) is 0 Å². The molecule has 0 saturated carbocycles. The van der Waals surface area contributed by atoms with E-state index in [1.165, 1.54) is 0 Å². The van der Waals surface area contributed by atoms with E-state index in [0.29, 0.717) is 25.4 Å². The van der Waals surface area contributed by atoms with Crippen LogP contribution in [0.25, 0.3) is 0 Å². The Labute approximate surface area is 124 Å². The highest BCUT2D eigenvalue weighted by atomic mass is 79.9. The largest absolute Gasteiger partial charge is 0.341 e. The van der Waals surface area contributed by atoms with Crippen molar-refractivity contribution in [3.8, 4) is 0 Å². The van der Waals surface area contributed by atoms with Gasteiger partial charge < -0.3 is 10.6 Å². The standard InChI is InChI=1S/C15H23BrN2O/c1-12(9-10-17)7-8-15(19)18(2)11-13-5-3-4-6-14(13)16/h3-6,12H,7-11,17H2,1-2H3. The Bertz CT molecular complexity index is 409. The van der Waals surface area contributed by atoms with Gasteiger partial charge in [-0.15, -0.1) is 0 Å². The topological polar surface area (TPSA) is 46.3 Å². The van der Waals surface area contributed by atoms with Crippen molar-refractivity contribution in [1.29, 1.82) is 0 Å². The maximum atomic E-state index is 12.0. The van der Waals surface area contributed by atoms with Crippen LogP contribution in [0.1, 0.15) is 31.7 Å². The summed E-state index contributed by atoms with van der Waals surface area (Å²) in [6.45, 7) is 3.49. The first-order chi connectivity index (χ1) is 9.04. The minimum Gasteiger partial charge on any atom is -0.341 e. The summed E-state index contributed by atoms with van der Waals surface area (Å²) in [4.78, 5) is 13.8. The Morgan fingerprint density at radius 1 is 1.37 bits per heavy atom. The molecule has 0 radical (unpaired) electrons. The highest BCUT2D eigenvalue weighted by Gasteiger charge is 2.12. The van der Waals surface area contributed by atoms with E-state index in [2.05, 4.69) is 22.9 Å². The van der Waals surface area contributed by atoms with Crippen molar-refractivity contribution in [3.63, 3.8) is 0 Å². The highest BCUT2D eigenvalue weighted by molar-refractivity contribution is 9.10. The first-order valence-corrected chi connectivity index (χ1v) is 7.51. The van der Waals surface area contributed by atoms with Crippen LogP contribution in [-0.4, -0.2) is 24.4 Å². The summed E-state index contributed by atoms with van der Waals surface area (Å²) in [6.07, 6.45) is 2.50. The van der Waals surface area contributed by atoms with Crippen molar-refractivity contribution in [2.24, 2.45) is 11.7 Å². The number of hydrogen-bond acceptors (Lipinski definition) is 2. The number of carbonyl (C=O) groups excluding carboxylic acids is 1. The zero-order valence-electron chi connectivity index (χ0n) is 11.7. The van der Waals surface area contributed by atoms with Crippen molar-refractivity contribution in [3.05, 3.63) is 34.3 Å². The van der Waals surface area contributed by atoms with Crippen LogP contribution in [0.3, 0.4) is 0 Å². The smallest absolute Gasteiger partial charge is 0.222 e. The molecule has 0 fully saturated rings. The number of benzene rings is 1. The van der Waals surface area contributed by atoms with Crippen molar-refractivity contribution >= 4 is 21.8 Å². The summed E-state index contributed by atoms with van der Waals surface area (Å²) in [5, 5.41) is 0. The van der Waals surface area contributed by atoms with E-state index in [9.17, 15) is 4.79 Å². The van der Waals surface area contributed by atoms with Gasteiger partial charge in [0.2, 0.25) is 5.91 Å². The second kappa shape index (κ2) is 8.33. The van der Waals surface area contributed by atoms with Crippen LogP contribution < -0.4 is 5.73 Å². The number of carbonyl (C=O) groups is 1. The molecule has 1 amide bonds. The molecular weight excluding hydrogens is 304 g/mol. The van der Waals surface area contributed by atoms with Gasteiger partial charge in [0.25, 0.3) is 0 Å². The third-order valence-corrected chi connectivity index (χ3v) is 4.08. The minimum atomic E-state index is 0.194.